The number of ether oxygens (including phenoxy) is 1. The van der Waals surface area contributed by atoms with Gasteiger partial charge >= 0.3 is 0 Å². The normalized spacial score (nSPS) is 14.7. The first-order valence-electron chi connectivity index (χ1n) is 9.23. The van der Waals surface area contributed by atoms with Gasteiger partial charge in [0.1, 0.15) is 5.82 Å². The number of carbonyl (C=O) groups excluding carboxylic acids is 1. The molecule has 1 aromatic carbocycles. The van der Waals surface area contributed by atoms with Crippen LogP contribution >= 0.6 is 0 Å². The van der Waals surface area contributed by atoms with Gasteiger partial charge in [0.15, 0.2) is 11.6 Å². The number of pyridine rings is 1. The maximum atomic E-state index is 13.9. The lowest BCUT2D eigenvalue weighted by Crippen LogP contribution is -2.43. The van der Waals surface area contributed by atoms with E-state index >= 15 is 0 Å². The molecule has 0 saturated carbocycles. The zero-order valence-electron chi connectivity index (χ0n) is 15.5. The van der Waals surface area contributed by atoms with Crippen molar-refractivity contribution in [2.75, 3.05) is 24.6 Å². The van der Waals surface area contributed by atoms with Crippen molar-refractivity contribution in [2.45, 2.75) is 32.4 Å². The number of hydrogen-bond acceptors (Lipinski definition) is 5. The molecule has 1 fully saturated rings. The van der Waals surface area contributed by atoms with Gasteiger partial charge in [0.2, 0.25) is 5.91 Å². The zero-order valence-corrected chi connectivity index (χ0v) is 15.5. The Morgan fingerprint density at radius 2 is 2.11 bits per heavy atom. The molecular formula is C20H25FN4O2. The third-order valence-electron chi connectivity index (χ3n) is 4.72. The highest BCUT2D eigenvalue weighted by Crippen LogP contribution is 2.25. The Balaban J connectivity index is 1.88. The molecule has 2 aromatic rings. The Morgan fingerprint density at radius 1 is 1.33 bits per heavy atom. The number of amides is 1. The molecule has 2 heterocycles. The summed E-state index contributed by atoms with van der Waals surface area (Å²) >= 11 is 0. The largest absolute Gasteiger partial charge is 0.491 e. The topological polar surface area (TPSA) is 80.5 Å². The summed E-state index contributed by atoms with van der Waals surface area (Å²) in [5.41, 5.74) is 6.64. The standard InChI is InChI=1S/C20H25FN4O2/c1-2-27-18-11-14(3-5-17(18)21)13-25(16-7-9-23-10-8-16)19-6-4-15(12-24-19)20(22)26/h3-6,11-12,16,23H,2,7-10,13H2,1H3,(H2,22,26). The average Bonchev–Trinajstić information content (AvgIpc) is 2.69. The van der Waals surface area contributed by atoms with E-state index in [4.69, 9.17) is 10.5 Å². The molecule has 0 radical (unpaired) electrons. The average molecular weight is 372 g/mol. The SMILES string of the molecule is CCOc1cc(CN(c2ccc(C(N)=O)cn2)C2CCNCC2)ccc1F. The lowest BCUT2D eigenvalue weighted by atomic mass is 10.0. The number of benzene rings is 1. The fraction of sp³-hybridized carbons (Fsp3) is 0.400. The van der Waals surface area contributed by atoms with Crippen LogP contribution in [0.2, 0.25) is 0 Å². The van der Waals surface area contributed by atoms with E-state index in [1.165, 1.54) is 12.3 Å². The van der Waals surface area contributed by atoms with Crippen LogP contribution in [0.25, 0.3) is 0 Å². The number of nitrogens with zero attached hydrogens (tertiary/aromatic N) is 2. The van der Waals surface area contributed by atoms with Gasteiger partial charge in [-0.15, -0.1) is 0 Å². The van der Waals surface area contributed by atoms with Crippen LogP contribution in [0.5, 0.6) is 5.75 Å². The second kappa shape index (κ2) is 8.81. The molecule has 3 N–H and O–H groups in total. The number of nitrogens with one attached hydrogen (secondary N) is 1. The molecule has 0 aliphatic carbocycles. The minimum absolute atomic E-state index is 0.261. The Labute approximate surface area is 158 Å². The number of hydrogen-bond donors (Lipinski definition) is 2. The van der Waals surface area contributed by atoms with Gasteiger partial charge < -0.3 is 20.7 Å². The van der Waals surface area contributed by atoms with Gasteiger partial charge in [0.05, 0.1) is 12.2 Å². The van der Waals surface area contributed by atoms with Crippen molar-refractivity contribution in [3.8, 4) is 5.75 Å². The van der Waals surface area contributed by atoms with Crippen LogP contribution in [0, 0.1) is 5.82 Å². The second-order valence-corrected chi connectivity index (χ2v) is 6.58. The molecule has 1 aliphatic heterocycles. The lowest BCUT2D eigenvalue weighted by Gasteiger charge is -2.35. The van der Waals surface area contributed by atoms with E-state index in [9.17, 15) is 9.18 Å². The first-order chi connectivity index (χ1) is 13.1. The summed E-state index contributed by atoms with van der Waals surface area (Å²) in [5.74, 6) is 0.173. The Morgan fingerprint density at radius 3 is 2.74 bits per heavy atom. The smallest absolute Gasteiger partial charge is 0.250 e. The molecule has 7 heteroatoms. The third-order valence-corrected chi connectivity index (χ3v) is 4.72. The molecule has 144 valence electrons. The van der Waals surface area contributed by atoms with Crippen molar-refractivity contribution in [2.24, 2.45) is 5.73 Å². The monoisotopic (exact) mass is 372 g/mol. The van der Waals surface area contributed by atoms with Gasteiger partial charge in [-0.25, -0.2) is 9.37 Å². The summed E-state index contributed by atoms with van der Waals surface area (Å²) in [4.78, 5) is 18.0. The molecule has 1 saturated heterocycles. The van der Waals surface area contributed by atoms with E-state index in [-0.39, 0.29) is 11.6 Å². The van der Waals surface area contributed by atoms with E-state index < -0.39 is 5.91 Å². The fourth-order valence-electron chi connectivity index (χ4n) is 3.33. The number of rotatable bonds is 7. The van der Waals surface area contributed by atoms with Gasteiger partial charge in [-0.05, 0) is 62.7 Å². The summed E-state index contributed by atoms with van der Waals surface area (Å²) < 4.78 is 19.3. The van der Waals surface area contributed by atoms with Crippen LogP contribution in [0.1, 0.15) is 35.7 Å². The Hall–Kier alpha value is -2.67. The van der Waals surface area contributed by atoms with Crippen molar-refractivity contribution in [3.05, 3.63) is 53.5 Å². The number of halogens is 1. The highest BCUT2D eigenvalue weighted by atomic mass is 19.1. The fourth-order valence-corrected chi connectivity index (χ4v) is 3.33. The van der Waals surface area contributed by atoms with Crippen molar-refractivity contribution in [1.29, 1.82) is 0 Å². The van der Waals surface area contributed by atoms with Crippen LogP contribution in [-0.4, -0.2) is 36.6 Å². The summed E-state index contributed by atoms with van der Waals surface area (Å²) in [6.07, 6.45) is 3.47. The van der Waals surface area contributed by atoms with E-state index in [1.807, 2.05) is 13.0 Å². The van der Waals surface area contributed by atoms with Crippen molar-refractivity contribution < 1.29 is 13.9 Å². The predicted molar refractivity (Wildman–Crippen MR) is 102 cm³/mol. The zero-order chi connectivity index (χ0) is 19.2. The van der Waals surface area contributed by atoms with Crippen LogP contribution in [0.15, 0.2) is 36.5 Å². The maximum Gasteiger partial charge on any atom is 0.250 e. The molecule has 1 aromatic heterocycles. The maximum absolute atomic E-state index is 13.9. The minimum atomic E-state index is -0.498. The van der Waals surface area contributed by atoms with Gasteiger partial charge in [-0.2, -0.15) is 0 Å². The first-order valence-corrected chi connectivity index (χ1v) is 9.23. The van der Waals surface area contributed by atoms with Gasteiger partial charge in [-0.3, -0.25) is 4.79 Å². The van der Waals surface area contributed by atoms with Crippen LogP contribution in [0.4, 0.5) is 10.2 Å². The Kier molecular flexibility index (Phi) is 6.24. The van der Waals surface area contributed by atoms with Crippen LogP contribution in [0.3, 0.4) is 0 Å². The lowest BCUT2D eigenvalue weighted by molar-refractivity contribution is 0.1000. The number of carbonyl (C=O) groups is 1. The molecule has 6 nitrogen and oxygen atoms in total. The summed E-state index contributed by atoms with van der Waals surface area (Å²) in [6.45, 7) is 4.70. The molecule has 0 spiro atoms. The summed E-state index contributed by atoms with van der Waals surface area (Å²) in [7, 11) is 0. The van der Waals surface area contributed by atoms with Crippen molar-refractivity contribution in [3.63, 3.8) is 0 Å². The molecule has 3 rings (SSSR count). The van der Waals surface area contributed by atoms with Gasteiger partial charge in [-0.1, -0.05) is 6.07 Å². The van der Waals surface area contributed by atoms with Crippen molar-refractivity contribution in [1.82, 2.24) is 10.3 Å². The predicted octanol–water partition coefficient (Wildman–Crippen LogP) is 2.48. The van der Waals surface area contributed by atoms with E-state index in [0.29, 0.717) is 24.8 Å². The molecule has 27 heavy (non-hydrogen) atoms. The Bertz CT molecular complexity index is 776. The highest BCUT2D eigenvalue weighted by Gasteiger charge is 2.23. The van der Waals surface area contributed by atoms with Gasteiger partial charge in [0.25, 0.3) is 0 Å². The number of anilines is 1. The number of primary amides is 1. The van der Waals surface area contributed by atoms with E-state index in [1.54, 1.807) is 18.2 Å². The molecule has 0 atom stereocenters. The number of piperidine rings is 1. The third kappa shape index (κ3) is 4.74. The second-order valence-electron chi connectivity index (χ2n) is 6.58. The van der Waals surface area contributed by atoms with Crippen LogP contribution in [-0.2, 0) is 6.54 Å². The highest BCUT2D eigenvalue weighted by molar-refractivity contribution is 5.92. The number of aromatic nitrogens is 1. The van der Waals surface area contributed by atoms with Crippen molar-refractivity contribution >= 4 is 11.7 Å². The summed E-state index contributed by atoms with van der Waals surface area (Å²) in [5, 5.41) is 3.36. The molecule has 0 unspecified atom stereocenters. The molecule has 0 bridgehead atoms. The minimum Gasteiger partial charge on any atom is -0.491 e. The molecular weight excluding hydrogens is 347 g/mol. The first kappa shape index (κ1) is 19.1. The molecule has 1 aliphatic rings. The number of nitrogens with two attached hydrogens (primary N) is 1. The quantitative estimate of drug-likeness (QED) is 0.780. The van der Waals surface area contributed by atoms with Crippen LogP contribution < -0.4 is 20.7 Å². The van der Waals surface area contributed by atoms with E-state index in [2.05, 4.69) is 15.2 Å². The van der Waals surface area contributed by atoms with Gasteiger partial charge in [0, 0.05) is 18.8 Å². The van der Waals surface area contributed by atoms with E-state index in [0.717, 1.165) is 37.3 Å². The summed E-state index contributed by atoms with van der Waals surface area (Å²) in [6, 6.07) is 8.75. The molecule has 1 amide bonds.